The maximum atomic E-state index is 13.2. The minimum Gasteiger partial charge on any atom is -0.462 e. The summed E-state index contributed by atoms with van der Waals surface area (Å²) in [6.07, 6.45) is 8.46. The number of amides is 1. The number of ether oxygens (including phenoxy) is 2. The van der Waals surface area contributed by atoms with Crippen molar-refractivity contribution in [1.82, 2.24) is 5.32 Å². The number of fused-ring (bicyclic) bond motifs is 7. The van der Waals surface area contributed by atoms with E-state index in [0.717, 1.165) is 38.5 Å². The molecule has 5 rings (SSSR count). The average Bonchev–Trinajstić information content (AvgIpc) is 3.17. The van der Waals surface area contributed by atoms with Gasteiger partial charge in [-0.1, -0.05) is 25.5 Å². The number of ketones is 1. The van der Waals surface area contributed by atoms with Crippen molar-refractivity contribution in [2.24, 2.45) is 34.5 Å². The number of rotatable bonds is 3. The molecule has 34 heavy (non-hydrogen) atoms. The normalized spacial score (nSPS) is 46.7. The molecule has 0 radical (unpaired) electrons. The van der Waals surface area contributed by atoms with E-state index >= 15 is 0 Å². The Balaban J connectivity index is 1.48. The minimum atomic E-state index is -1.16. The van der Waals surface area contributed by atoms with Gasteiger partial charge in [-0.25, -0.2) is 4.79 Å². The summed E-state index contributed by atoms with van der Waals surface area (Å²) in [5.74, 6) is -0.259. The molecule has 1 saturated heterocycles. The lowest BCUT2D eigenvalue weighted by molar-refractivity contribution is -0.180. The fourth-order valence-electron chi connectivity index (χ4n) is 9.11. The van der Waals surface area contributed by atoms with Crippen molar-refractivity contribution in [3.63, 3.8) is 0 Å². The van der Waals surface area contributed by atoms with Crippen LogP contribution >= 0.6 is 0 Å². The van der Waals surface area contributed by atoms with E-state index in [4.69, 9.17) is 9.47 Å². The Morgan fingerprint density at radius 3 is 2.44 bits per heavy atom. The second-order valence-electron chi connectivity index (χ2n) is 11.9. The first kappa shape index (κ1) is 23.6. The van der Waals surface area contributed by atoms with Gasteiger partial charge in [-0.2, -0.15) is 0 Å². The number of hydrogen-bond donors (Lipinski definition) is 1. The number of allylic oxidation sites excluding steroid dienone is 1. The van der Waals surface area contributed by atoms with Gasteiger partial charge in [0, 0.05) is 31.6 Å². The molecule has 0 aromatic heterocycles. The van der Waals surface area contributed by atoms with Gasteiger partial charge in [0.2, 0.25) is 5.91 Å². The van der Waals surface area contributed by atoms with Crippen molar-refractivity contribution < 1.29 is 28.7 Å². The lowest BCUT2D eigenvalue weighted by Gasteiger charge is -2.58. The molecule has 186 valence electrons. The summed E-state index contributed by atoms with van der Waals surface area (Å²) < 4.78 is 11.6. The topological polar surface area (TPSA) is 98.8 Å². The zero-order valence-corrected chi connectivity index (χ0v) is 20.9. The first-order valence-corrected chi connectivity index (χ1v) is 12.8. The highest BCUT2D eigenvalue weighted by Crippen LogP contribution is 2.71. The molecule has 3 saturated carbocycles. The van der Waals surface area contributed by atoms with Crippen LogP contribution < -0.4 is 5.32 Å². The molecule has 0 bridgehead atoms. The van der Waals surface area contributed by atoms with Crippen molar-refractivity contribution in [1.29, 1.82) is 0 Å². The maximum Gasteiger partial charge on any atom is 0.330 e. The predicted octanol–water partition coefficient (Wildman–Crippen LogP) is 3.50. The quantitative estimate of drug-likeness (QED) is 0.500. The lowest BCUT2D eigenvalue weighted by Crippen LogP contribution is -2.58. The number of nitrogens with one attached hydrogen (secondary N) is 1. The molecular formula is C27H37NO6. The van der Waals surface area contributed by atoms with Crippen LogP contribution in [-0.2, 0) is 28.7 Å². The zero-order valence-electron chi connectivity index (χ0n) is 20.9. The minimum absolute atomic E-state index is 0.0353. The molecule has 7 heteroatoms. The van der Waals surface area contributed by atoms with E-state index in [-0.39, 0.29) is 41.0 Å². The highest BCUT2D eigenvalue weighted by atomic mass is 16.6. The smallest absolute Gasteiger partial charge is 0.330 e. The van der Waals surface area contributed by atoms with Gasteiger partial charge in [0.1, 0.15) is 12.1 Å². The van der Waals surface area contributed by atoms with Crippen LogP contribution in [0.25, 0.3) is 0 Å². The molecule has 5 aliphatic rings. The van der Waals surface area contributed by atoms with E-state index in [9.17, 15) is 19.2 Å². The Bertz CT molecular complexity index is 988. The molecule has 0 spiro atoms. The third-order valence-electron chi connectivity index (χ3n) is 10.5. The Morgan fingerprint density at radius 2 is 1.79 bits per heavy atom. The van der Waals surface area contributed by atoms with Gasteiger partial charge >= 0.3 is 11.9 Å². The van der Waals surface area contributed by atoms with E-state index in [1.165, 1.54) is 19.4 Å². The highest BCUT2D eigenvalue weighted by molar-refractivity contribution is 5.96. The van der Waals surface area contributed by atoms with Crippen molar-refractivity contribution in [2.75, 3.05) is 0 Å². The molecule has 1 heterocycles. The standard InChI is InChI=1S/C27H37NO6/c1-14(29)27-22(23(24(32)34-27)28-15(2)30)13-21-19-7-6-17-12-18(33-16(3)31)8-10-25(17,4)20(19)9-11-26(21,27)5/h6,18-23H,7-13H2,1-5H3,(H,28,30)/t18-,19?,20?,21?,22?,23?,25-,26-,27+/m0/s1. The van der Waals surface area contributed by atoms with Crippen LogP contribution in [0, 0.1) is 34.5 Å². The Morgan fingerprint density at radius 1 is 1.06 bits per heavy atom. The summed E-state index contributed by atoms with van der Waals surface area (Å²) in [4.78, 5) is 49.4. The maximum absolute atomic E-state index is 13.2. The van der Waals surface area contributed by atoms with Gasteiger partial charge in [-0.3, -0.25) is 14.4 Å². The van der Waals surface area contributed by atoms with Crippen LogP contribution in [0.4, 0.5) is 0 Å². The fraction of sp³-hybridized carbons (Fsp3) is 0.778. The number of esters is 2. The van der Waals surface area contributed by atoms with Crippen molar-refractivity contribution in [2.45, 2.75) is 97.3 Å². The fourth-order valence-corrected chi connectivity index (χ4v) is 9.11. The second-order valence-corrected chi connectivity index (χ2v) is 11.9. The largest absolute Gasteiger partial charge is 0.462 e. The molecular weight excluding hydrogens is 434 g/mol. The molecule has 0 aromatic carbocycles. The van der Waals surface area contributed by atoms with Crippen molar-refractivity contribution >= 4 is 23.6 Å². The van der Waals surface area contributed by atoms with Crippen molar-refractivity contribution in [3.05, 3.63) is 11.6 Å². The number of carbonyl (C=O) groups is 4. The summed E-state index contributed by atoms with van der Waals surface area (Å²) in [5.41, 5.74) is -0.123. The van der Waals surface area contributed by atoms with Crippen LogP contribution in [0.3, 0.4) is 0 Å². The molecule has 5 unspecified atom stereocenters. The molecule has 0 aromatic rings. The molecule has 1 aliphatic heterocycles. The summed E-state index contributed by atoms with van der Waals surface area (Å²) in [7, 11) is 0. The van der Waals surface area contributed by atoms with E-state index < -0.39 is 23.0 Å². The van der Waals surface area contributed by atoms with Gasteiger partial charge in [0.25, 0.3) is 0 Å². The van der Waals surface area contributed by atoms with Gasteiger partial charge in [-0.05, 0) is 68.6 Å². The first-order valence-electron chi connectivity index (χ1n) is 12.8. The zero-order chi connectivity index (χ0) is 24.6. The Labute approximate surface area is 201 Å². The van der Waals surface area contributed by atoms with E-state index in [1.807, 2.05) is 0 Å². The van der Waals surface area contributed by atoms with Gasteiger partial charge in [-0.15, -0.1) is 0 Å². The van der Waals surface area contributed by atoms with E-state index in [2.05, 4.69) is 25.2 Å². The number of Topliss-reactive ketones (excluding diaryl/α,β-unsaturated/α-hetero) is 1. The molecule has 7 nitrogen and oxygen atoms in total. The summed E-state index contributed by atoms with van der Waals surface area (Å²) in [6, 6.07) is -0.758. The molecule has 4 aliphatic carbocycles. The predicted molar refractivity (Wildman–Crippen MR) is 123 cm³/mol. The van der Waals surface area contributed by atoms with Crippen LogP contribution in [0.1, 0.15) is 79.6 Å². The summed E-state index contributed by atoms with van der Waals surface area (Å²) in [6.45, 7) is 8.95. The third kappa shape index (κ3) is 3.00. The Kier molecular flexibility index (Phi) is 5.31. The van der Waals surface area contributed by atoms with Crippen LogP contribution in [-0.4, -0.2) is 41.4 Å². The summed E-state index contributed by atoms with van der Waals surface area (Å²) >= 11 is 0. The third-order valence-corrected chi connectivity index (χ3v) is 10.5. The average molecular weight is 472 g/mol. The van der Waals surface area contributed by atoms with Crippen LogP contribution in [0.5, 0.6) is 0 Å². The van der Waals surface area contributed by atoms with E-state index in [0.29, 0.717) is 18.3 Å². The highest BCUT2D eigenvalue weighted by Gasteiger charge is 2.76. The lowest BCUT2D eigenvalue weighted by atomic mass is 9.46. The molecule has 1 N–H and O–H groups in total. The Hall–Kier alpha value is -2.18. The molecule has 1 amide bonds. The van der Waals surface area contributed by atoms with Gasteiger partial charge in [0.15, 0.2) is 11.4 Å². The van der Waals surface area contributed by atoms with E-state index in [1.54, 1.807) is 6.92 Å². The van der Waals surface area contributed by atoms with Gasteiger partial charge in [0.05, 0.1) is 0 Å². The monoisotopic (exact) mass is 471 g/mol. The first-order chi connectivity index (χ1) is 15.9. The SMILES string of the molecule is CC(=O)NC1C(=O)O[C@]2(C(C)=O)C1CC1C3CC=C4C[C@@H](OC(C)=O)CC[C@]4(C)C3CC[C@@]12C. The van der Waals surface area contributed by atoms with Gasteiger partial charge < -0.3 is 14.8 Å². The van der Waals surface area contributed by atoms with Crippen molar-refractivity contribution in [3.8, 4) is 0 Å². The summed E-state index contributed by atoms with van der Waals surface area (Å²) in [5, 5.41) is 2.80. The molecule has 9 atom stereocenters. The second kappa shape index (κ2) is 7.66. The molecule has 4 fully saturated rings. The number of carbonyl (C=O) groups excluding carboxylic acids is 4. The van der Waals surface area contributed by atoms with Crippen LogP contribution in [0.15, 0.2) is 11.6 Å². The number of hydrogen-bond acceptors (Lipinski definition) is 6. The van der Waals surface area contributed by atoms with Crippen LogP contribution in [0.2, 0.25) is 0 Å².